The Balaban J connectivity index is 1.74. The number of morpholine rings is 1. The molecule has 6 heteroatoms. The predicted molar refractivity (Wildman–Crippen MR) is 92.8 cm³/mol. The molecule has 6 nitrogen and oxygen atoms in total. The SMILES string of the molecule is NC(=O)c1cc(NCC(c2ccccc2)N2CCOCC2)ccn1. The number of anilines is 1. The molecule has 3 N–H and O–H groups in total. The summed E-state index contributed by atoms with van der Waals surface area (Å²) in [7, 11) is 0. The summed E-state index contributed by atoms with van der Waals surface area (Å²) >= 11 is 0. The lowest BCUT2D eigenvalue weighted by Gasteiger charge is -2.35. The van der Waals surface area contributed by atoms with Gasteiger partial charge in [-0.25, -0.2) is 0 Å². The van der Waals surface area contributed by atoms with Gasteiger partial charge in [0.25, 0.3) is 5.91 Å². The van der Waals surface area contributed by atoms with E-state index in [-0.39, 0.29) is 11.7 Å². The van der Waals surface area contributed by atoms with Crippen molar-refractivity contribution in [2.45, 2.75) is 6.04 Å². The van der Waals surface area contributed by atoms with E-state index in [4.69, 9.17) is 10.5 Å². The molecule has 0 aliphatic carbocycles. The fourth-order valence-electron chi connectivity index (χ4n) is 2.91. The summed E-state index contributed by atoms with van der Waals surface area (Å²) in [4.78, 5) is 17.7. The fourth-order valence-corrected chi connectivity index (χ4v) is 2.91. The topological polar surface area (TPSA) is 80.5 Å². The lowest BCUT2D eigenvalue weighted by Crippen LogP contribution is -2.41. The van der Waals surface area contributed by atoms with E-state index in [9.17, 15) is 4.79 Å². The second-order valence-corrected chi connectivity index (χ2v) is 5.75. The molecule has 126 valence electrons. The predicted octanol–water partition coefficient (Wildman–Crippen LogP) is 1.67. The summed E-state index contributed by atoms with van der Waals surface area (Å²) in [6.45, 7) is 4.05. The van der Waals surface area contributed by atoms with Gasteiger partial charge in [0.2, 0.25) is 0 Å². The van der Waals surface area contributed by atoms with Crippen LogP contribution in [0.15, 0.2) is 48.7 Å². The monoisotopic (exact) mass is 326 g/mol. The number of nitrogens with one attached hydrogen (secondary N) is 1. The summed E-state index contributed by atoms with van der Waals surface area (Å²) in [6.07, 6.45) is 1.59. The molecule has 2 heterocycles. The van der Waals surface area contributed by atoms with Crippen LogP contribution < -0.4 is 11.1 Å². The van der Waals surface area contributed by atoms with Crippen molar-refractivity contribution in [3.05, 3.63) is 59.9 Å². The van der Waals surface area contributed by atoms with Crippen LogP contribution in [0.3, 0.4) is 0 Å². The van der Waals surface area contributed by atoms with E-state index >= 15 is 0 Å². The maximum Gasteiger partial charge on any atom is 0.267 e. The Morgan fingerprint density at radius 1 is 1.25 bits per heavy atom. The van der Waals surface area contributed by atoms with Crippen molar-refractivity contribution in [3.8, 4) is 0 Å². The number of aromatic nitrogens is 1. The van der Waals surface area contributed by atoms with E-state index in [0.717, 1.165) is 38.5 Å². The zero-order chi connectivity index (χ0) is 16.8. The highest BCUT2D eigenvalue weighted by atomic mass is 16.5. The molecule has 1 aromatic carbocycles. The number of rotatable bonds is 6. The lowest BCUT2D eigenvalue weighted by molar-refractivity contribution is 0.0187. The van der Waals surface area contributed by atoms with Crippen molar-refractivity contribution < 1.29 is 9.53 Å². The first-order chi connectivity index (χ1) is 11.7. The first kappa shape index (κ1) is 16.4. The van der Waals surface area contributed by atoms with E-state index in [0.29, 0.717) is 0 Å². The number of amides is 1. The molecule has 1 aliphatic rings. The van der Waals surface area contributed by atoms with Gasteiger partial charge < -0.3 is 15.8 Å². The van der Waals surface area contributed by atoms with Crippen molar-refractivity contribution in [2.24, 2.45) is 5.73 Å². The number of carbonyl (C=O) groups is 1. The Morgan fingerprint density at radius 3 is 2.71 bits per heavy atom. The fraction of sp³-hybridized carbons (Fsp3) is 0.333. The molecule has 1 unspecified atom stereocenters. The van der Waals surface area contributed by atoms with Crippen LogP contribution in [0.4, 0.5) is 5.69 Å². The summed E-state index contributed by atoms with van der Waals surface area (Å²) < 4.78 is 5.47. The molecule has 1 saturated heterocycles. The zero-order valence-corrected chi connectivity index (χ0v) is 13.5. The highest BCUT2D eigenvalue weighted by molar-refractivity contribution is 5.91. The number of pyridine rings is 1. The molecule has 24 heavy (non-hydrogen) atoms. The Morgan fingerprint density at radius 2 is 2.00 bits per heavy atom. The van der Waals surface area contributed by atoms with Crippen LogP contribution in [0.1, 0.15) is 22.1 Å². The molecule has 1 amide bonds. The average molecular weight is 326 g/mol. The highest BCUT2D eigenvalue weighted by Gasteiger charge is 2.22. The number of benzene rings is 1. The van der Waals surface area contributed by atoms with Gasteiger partial charge in [-0.2, -0.15) is 0 Å². The molecule has 0 bridgehead atoms. The van der Waals surface area contributed by atoms with Crippen LogP contribution in [-0.2, 0) is 4.74 Å². The Labute approximate surface area is 141 Å². The van der Waals surface area contributed by atoms with Gasteiger partial charge in [-0.3, -0.25) is 14.7 Å². The molecule has 1 aliphatic heterocycles. The number of nitrogens with two attached hydrogens (primary N) is 1. The summed E-state index contributed by atoms with van der Waals surface area (Å²) in [5.41, 5.74) is 7.66. The van der Waals surface area contributed by atoms with Gasteiger partial charge in [0.1, 0.15) is 5.69 Å². The number of hydrogen-bond donors (Lipinski definition) is 2. The third-order valence-corrected chi connectivity index (χ3v) is 4.18. The van der Waals surface area contributed by atoms with Gasteiger partial charge in [0.15, 0.2) is 0 Å². The van der Waals surface area contributed by atoms with E-state index in [1.165, 1.54) is 5.56 Å². The summed E-state index contributed by atoms with van der Waals surface area (Å²) in [6, 6.07) is 14.2. The minimum absolute atomic E-state index is 0.236. The maximum atomic E-state index is 11.3. The van der Waals surface area contributed by atoms with Crippen LogP contribution in [0.25, 0.3) is 0 Å². The molecule has 0 saturated carbocycles. The normalized spacial score (nSPS) is 16.5. The number of primary amides is 1. The molecule has 0 spiro atoms. The van der Waals surface area contributed by atoms with Crippen LogP contribution in [0.2, 0.25) is 0 Å². The number of hydrogen-bond acceptors (Lipinski definition) is 5. The van der Waals surface area contributed by atoms with Crippen LogP contribution in [0, 0.1) is 0 Å². The molecular formula is C18H22N4O2. The van der Waals surface area contributed by atoms with E-state index in [1.807, 2.05) is 12.1 Å². The lowest BCUT2D eigenvalue weighted by atomic mass is 10.0. The maximum absolute atomic E-state index is 11.3. The highest BCUT2D eigenvalue weighted by Crippen LogP contribution is 2.22. The molecule has 2 aromatic rings. The van der Waals surface area contributed by atoms with Gasteiger partial charge >= 0.3 is 0 Å². The van der Waals surface area contributed by atoms with Crippen LogP contribution >= 0.6 is 0 Å². The van der Waals surface area contributed by atoms with Gasteiger partial charge in [0.05, 0.1) is 19.3 Å². The van der Waals surface area contributed by atoms with E-state index in [2.05, 4.69) is 39.5 Å². The molecule has 0 radical (unpaired) electrons. The standard InChI is InChI=1S/C18H22N4O2/c19-18(23)16-12-15(6-7-20-16)21-13-17(14-4-2-1-3-5-14)22-8-10-24-11-9-22/h1-7,12,17H,8-11,13H2,(H2,19,23)(H,20,21). The Hall–Kier alpha value is -2.44. The smallest absolute Gasteiger partial charge is 0.267 e. The first-order valence-electron chi connectivity index (χ1n) is 8.10. The van der Waals surface area contributed by atoms with Crippen LogP contribution in [0.5, 0.6) is 0 Å². The summed E-state index contributed by atoms with van der Waals surface area (Å²) in [5, 5.41) is 3.41. The Bertz CT molecular complexity index is 672. The van der Waals surface area contributed by atoms with E-state index in [1.54, 1.807) is 12.3 Å². The second kappa shape index (κ2) is 7.90. The number of carbonyl (C=O) groups excluding carboxylic acids is 1. The minimum atomic E-state index is -0.522. The third kappa shape index (κ3) is 4.10. The Kier molecular flexibility index (Phi) is 5.40. The van der Waals surface area contributed by atoms with E-state index < -0.39 is 5.91 Å². The number of ether oxygens (including phenoxy) is 1. The molecule has 3 rings (SSSR count). The van der Waals surface area contributed by atoms with Crippen LogP contribution in [-0.4, -0.2) is 48.6 Å². The quantitative estimate of drug-likeness (QED) is 0.844. The van der Waals surface area contributed by atoms with Gasteiger partial charge in [-0.1, -0.05) is 30.3 Å². The van der Waals surface area contributed by atoms with Gasteiger partial charge in [-0.15, -0.1) is 0 Å². The van der Waals surface area contributed by atoms with Gasteiger partial charge in [0, 0.05) is 31.5 Å². The van der Waals surface area contributed by atoms with Crippen molar-refractivity contribution in [2.75, 3.05) is 38.2 Å². The molecule has 1 aromatic heterocycles. The summed E-state index contributed by atoms with van der Waals surface area (Å²) in [5.74, 6) is -0.522. The zero-order valence-electron chi connectivity index (χ0n) is 13.5. The van der Waals surface area contributed by atoms with Crippen molar-refractivity contribution in [3.63, 3.8) is 0 Å². The first-order valence-corrected chi connectivity index (χ1v) is 8.10. The number of nitrogens with zero attached hydrogens (tertiary/aromatic N) is 2. The van der Waals surface area contributed by atoms with Crippen molar-refractivity contribution in [1.82, 2.24) is 9.88 Å². The third-order valence-electron chi connectivity index (χ3n) is 4.18. The van der Waals surface area contributed by atoms with Gasteiger partial charge in [-0.05, 0) is 17.7 Å². The second-order valence-electron chi connectivity index (χ2n) is 5.75. The molecule has 1 atom stereocenters. The molecular weight excluding hydrogens is 304 g/mol. The minimum Gasteiger partial charge on any atom is -0.383 e. The molecule has 1 fully saturated rings. The average Bonchev–Trinajstić information content (AvgIpc) is 2.64. The van der Waals surface area contributed by atoms with Crippen molar-refractivity contribution >= 4 is 11.6 Å². The largest absolute Gasteiger partial charge is 0.383 e. The van der Waals surface area contributed by atoms with Crippen molar-refractivity contribution in [1.29, 1.82) is 0 Å².